The van der Waals surface area contributed by atoms with Gasteiger partial charge in [-0.15, -0.1) is 0 Å². The number of aliphatic hydroxyl groups excluding tert-OH is 1. The summed E-state index contributed by atoms with van der Waals surface area (Å²) in [4.78, 5) is 0. The molecule has 0 aromatic carbocycles. The van der Waals surface area contributed by atoms with Crippen molar-refractivity contribution in [3.05, 3.63) is 0 Å². The molecule has 3 nitrogen and oxygen atoms in total. The van der Waals surface area contributed by atoms with E-state index in [4.69, 9.17) is 15.6 Å². The fraction of sp³-hybridized carbons (Fsp3) is 1.00. The minimum atomic E-state index is -0.296. The van der Waals surface area contributed by atoms with Gasteiger partial charge in [0.25, 0.3) is 0 Å². The van der Waals surface area contributed by atoms with Crippen molar-refractivity contribution in [3.8, 4) is 0 Å². The lowest BCUT2D eigenvalue weighted by Gasteiger charge is -2.31. The second-order valence-electron chi connectivity index (χ2n) is 3.11. The van der Waals surface area contributed by atoms with Gasteiger partial charge in [0.15, 0.2) is 0 Å². The van der Waals surface area contributed by atoms with Crippen molar-refractivity contribution >= 4 is 0 Å². The van der Waals surface area contributed by atoms with Crippen molar-refractivity contribution in [3.63, 3.8) is 0 Å². The minimum absolute atomic E-state index is 0.0162. The van der Waals surface area contributed by atoms with E-state index in [1.807, 2.05) is 20.8 Å². The van der Waals surface area contributed by atoms with E-state index in [1.54, 1.807) is 0 Å². The quantitative estimate of drug-likeness (QED) is 0.612. The Balaban J connectivity index is 4.00. The maximum Gasteiger partial charge on any atom is 0.0634 e. The Morgan fingerprint density at radius 2 is 2.18 bits per heavy atom. The Labute approximate surface area is 68.5 Å². The number of hydrogen-bond acceptors (Lipinski definition) is 3. The van der Waals surface area contributed by atoms with Gasteiger partial charge in [-0.3, -0.25) is 0 Å². The Morgan fingerprint density at radius 3 is 2.45 bits per heavy atom. The molecule has 0 saturated carbocycles. The zero-order valence-electron chi connectivity index (χ0n) is 7.63. The van der Waals surface area contributed by atoms with Gasteiger partial charge < -0.3 is 15.6 Å². The Kier molecular flexibility index (Phi) is 4.65. The average molecular weight is 161 g/mol. The molecule has 0 rings (SSSR count). The van der Waals surface area contributed by atoms with Crippen LogP contribution in [0.1, 0.15) is 20.8 Å². The van der Waals surface area contributed by atoms with E-state index in [-0.39, 0.29) is 18.1 Å². The Bertz CT molecular complexity index is 102. The molecule has 0 amide bonds. The largest absolute Gasteiger partial charge is 0.396 e. The first kappa shape index (κ1) is 10.9. The summed E-state index contributed by atoms with van der Waals surface area (Å²) < 4.78 is 5.35. The monoisotopic (exact) mass is 161 g/mol. The van der Waals surface area contributed by atoms with E-state index >= 15 is 0 Å². The average Bonchev–Trinajstić information content (AvgIpc) is 2.03. The second kappa shape index (κ2) is 4.70. The van der Waals surface area contributed by atoms with Crippen LogP contribution in [0.5, 0.6) is 0 Å². The summed E-state index contributed by atoms with van der Waals surface area (Å²) in [7, 11) is 0. The smallest absolute Gasteiger partial charge is 0.0634 e. The van der Waals surface area contributed by atoms with Crippen molar-refractivity contribution in [1.82, 2.24) is 0 Å². The molecule has 0 aliphatic carbocycles. The lowest BCUT2D eigenvalue weighted by atomic mass is 9.86. The molecule has 0 spiro atoms. The zero-order chi connectivity index (χ0) is 8.91. The fourth-order valence-electron chi connectivity index (χ4n) is 0.810. The molecule has 0 heterocycles. The Hall–Kier alpha value is -0.120. The van der Waals surface area contributed by atoms with Crippen LogP contribution in [-0.2, 0) is 4.74 Å². The first-order chi connectivity index (χ1) is 5.10. The summed E-state index contributed by atoms with van der Waals surface area (Å²) in [5, 5.41) is 9.02. The molecule has 68 valence electrons. The summed E-state index contributed by atoms with van der Waals surface area (Å²) >= 11 is 0. The molecule has 0 aliphatic rings. The van der Waals surface area contributed by atoms with Crippen molar-refractivity contribution in [2.24, 2.45) is 11.1 Å². The normalized spacial score (nSPS) is 19.4. The highest BCUT2D eigenvalue weighted by Crippen LogP contribution is 2.21. The highest BCUT2D eigenvalue weighted by molar-refractivity contribution is 4.80. The summed E-state index contributed by atoms with van der Waals surface area (Å²) in [5.74, 6) is 0. The number of rotatable bonds is 5. The van der Waals surface area contributed by atoms with Crippen LogP contribution in [0.2, 0.25) is 0 Å². The van der Waals surface area contributed by atoms with Crippen molar-refractivity contribution in [2.75, 3.05) is 19.8 Å². The highest BCUT2D eigenvalue weighted by Gasteiger charge is 2.29. The molecule has 0 bridgehead atoms. The standard InChI is InChI=1S/C8H19NO2/c1-4-11-7(2)8(3,5-9)6-10/h7,10H,4-6,9H2,1-3H3. The van der Waals surface area contributed by atoms with Crippen LogP contribution in [0.4, 0.5) is 0 Å². The maximum atomic E-state index is 9.02. The van der Waals surface area contributed by atoms with E-state index in [1.165, 1.54) is 0 Å². The van der Waals surface area contributed by atoms with Gasteiger partial charge in [0.2, 0.25) is 0 Å². The minimum Gasteiger partial charge on any atom is -0.396 e. The molecular weight excluding hydrogens is 142 g/mol. The van der Waals surface area contributed by atoms with Crippen LogP contribution in [0.15, 0.2) is 0 Å². The first-order valence-corrected chi connectivity index (χ1v) is 4.03. The van der Waals surface area contributed by atoms with E-state index in [9.17, 15) is 0 Å². The van der Waals surface area contributed by atoms with Gasteiger partial charge in [-0.2, -0.15) is 0 Å². The van der Waals surface area contributed by atoms with Gasteiger partial charge in [-0.05, 0) is 13.8 Å². The van der Waals surface area contributed by atoms with E-state index in [2.05, 4.69) is 0 Å². The van der Waals surface area contributed by atoms with E-state index in [0.29, 0.717) is 13.2 Å². The molecule has 0 aliphatic heterocycles. The molecule has 0 radical (unpaired) electrons. The summed E-state index contributed by atoms with van der Waals surface area (Å²) in [6, 6.07) is 0. The molecule has 0 aromatic heterocycles. The predicted octanol–water partition coefficient (Wildman–Crippen LogP) is 0.369. The summed E-state index contributed by atoms with van der Waals surface area (Å²) in [5.41, 5.74) is 5.21. The molecule has 0 saturated heterocycles. The van der Waals surface area contributed by atoms with Crippen molar-refractivity contribution in [2.45, 2.75) is 26.9 Å². The second-order valence-corrected chi connectivity index (χ2v) is 3.11. The van der Waals surface area contributed by atoms with Crippen LogP contribution in [0.3, 0.4) is 0 Å². The zero-order valence-corrected chi connectivity index (χ0v) is 7.63. The molecule has 2 unspecified atom stereocenters. The highest BCUT2D eigenvalue weighted by atomic mass is 16.5. The number of nitrogens with two attached hydrogens (primary N) is 1. The van der Waals surface area contributed by atoms with Gasteiger partial charge in [0.05, 0.1) is 12.7 Å². The third kappa shape index (κ3) is 2.77. The molecular formula is C8H19NO2. The number of hydrogen-bond donors (Lipinski definition) is 2. The van der Waals surface area contributed by atoms with Gasteiger partial charge in [0.1, 0.15) is 0 Å². The van der Waals surface area contributed by atoms with Gasteiger partial charge in [-0.1, -0.05) is 6.92 Å². The Morgan fingerprint density at radius 1 is 1.64 bits per heavy atom. The predicted molar refractivity (Wildman–Crippen MR) is 45.3 cm³/mol. The topological polar surface area (TPSA) is 55.5 Å². The molecule has 3 heteroatoms. The summed E-state index contributed by atoms with van der Waals surface area (Å²) in [6.07, 6.45) is 0.0162. The van der Waals surface area contributed by atoms with Crippen molar-refractivity contribution < 1.29 is 9.84 Å². The molecule has 2 atom stereocenters. The van der Waals surface area contributed by atoms with Gasteiger partial charge in [0, 0.05) is 18.6 Å². The van der Waals surface area contributed by atoms with Crippen LogP contribution in [-0.4, -0.2) is 31.0 Å². The van der Waals surface area contributed by atoms with E-state index < -0.39 is 0 Å². The third-order valence-electron chi connectivity index (χ3n) is 2.23. The van der Waals surface area contributed by atoms with Gasteiger partial charge in [-0.25, -0.2) is 0 Å². The molecule has 3 N–H and O–H groups in total. The van der Waals surface area contributed by atoms with Crippen LogP contribution in [0.25, 0.3) is 0 Å². The fourth-order valence-corrected chi connectivity index (χ4v) is 0.810. The van der Waals surface area contributed by atoms with Crippen LogP contribution < -0.4 is 5.73 Å². The molecule has 11 heavy (non-hydrogen) atoms. The van der Waals surface area contributed by atoms with Crippen LogP contribution >= 0.6 is 0 Å². The van der Waals surface area contributed by atoms with Gasteiger partial charge >= 0.3 is 0 Å². The number of ether oxygens (including phenoxy) is 1. The van der Waals surface area contributed by atoms with E-state index in [0.717, 1.165) is 0 Å². The summed E-state index contributed by atoms with van der Waals surface area (Å²) in [6.45, 7) is 6.98. The first-order valence-electron chi connectivity index (χ1n) is 4.03. The SMILES string of the molecule is CCOC(C)C(C)(CN)CO. The third-order valence-corrected chi connectivity index (χ3v) is 2.23. The van der Waals surface area contributed by atoms with Crippen molar-refractivity contribution in [1.29, 1.82) is 0 Å². The maximum absolute atomic E-state index is 9.02. The number of aliphatic hydroxyl groups is 1. The van der Waals surface area contributed by atoms with Crippen LogP contribution in [0, 0.1) is 5.41 Å². The lowest BCUT2D eigenvalue weighted by Crippen LogP contribution is -2.42. The molecule has 0 aromatic rings. The lowest BCUT2D eigenvalue weighted by molar-refractivity contribution is -0.0374. The molecule has 0 fully saturated rings.